The van der Waals surface area contributed by atoms with E-state index in [9.17, 15) is 20.0 Å². The van der Waals surface area contributed by atoms with Crippen molar-refractivity contribution in [3.63, 3.8) is 0 Å². The van der Waals surface area contributed by atoms with Gasteiger partial charge in [-0.3, -0.25) is 19.2 Å². The molecule has 0 atom stereocenters. The fourth-order valence-corrected chi connectivity index (χ4v) is 6.36. The molecule has 0 bridgehead atoms. The number of nitrogens with zero attached hydrogens (tertiary/aromatic N) is 6. The predicted molar refractivity (Wildman–Crippen MR) is 173 cm³/mol. The van der Waals surface area contributed by atoms with Crippen LogP contribution in [0.4, 0.5) is 0 Å². The number of aryl methyl sites for hydroxylation is 1. The number of carboxylic acid groups (broad SMARTS) is 1. The van der Waals surface area contributed by atoms with Crippen LogP contribution in [0.5, 0.6) is 5.75 Å². The molecule has 0 amide bonds. The topological polar surface area (TPSA) is 134 Å². The lowest BCUT2D eigenvalue weighted by Crippen LogP contribution is -2.31. The Morgan fingerprint density at radius 2 is 2.07 bits per heavy atom. The van der Waals surface area contributed by atoms with Crippen LogP contribution in [0, 0.1) is 30.1 Å². The van der Waals surface area contributed by atoms with Crippen LogP contribution < -0.4 is 10.3 Å². The number of ether oxygens (including phenoxy) is 1. The summed E-state index contributed by atoms with van der Waals surface area (Å²) >= 11 is 7.63. The number of benzene rings is 1. The molecule has 12 heteroatoms. The van der Waals surface area contributed by atoms with E-state index < -0.39 is 5.97 Å². The zero-order chi connectivity index (χ0) is 31.9. The van der Waals surface area contributed by atoms with Gasteiger partial charge in [-0.15, -0.1) is 11.3 Å². The first-order valence-electron chi connectivity index (χ1n) is 14.1. The highest BCUT2D eigenvalue weighted by Gasteiger charge is 2.40. The standard InChI is InChI=1S/C33H27ClN6O4S/c1-19-38-26-17-37-25(5-4-12-39(3)33(2)9-10-33)23(16-35)28(26)31(41)40(19)13-14-44-27-7-6-20(34)15-22(27)21-8-11-36-29-24(32(42)43)18-45-30(21)29/h6-8,11,15,17-18H,9-10,12-14H2,1-3H3,(H,42,43). The molecule has 6 rings (SSSR count). The fourth-order valence-electron chi connectivity index (χ4n) is 5.16. The van der Waals surface area contributed by atoms with Crippen molar-refractivity contribution < 1.29 is 14.6 Å². The number of nitriles is 1. The van der Waals surface area contributed by atoms with E-state index in [0.29, 0.717) is 44.4 Å². The third-order valence-corrected chi connectivity index (χ3v) is 9.45. The van der Waals surface area contributed by atoms with Gasteiger partial charge in [0.15, 0.2) is 0 Å². The third-order valence-electron chi connectivity index (χ3n) is 8.21. The zero-order valence-corrected chi connectivity index (χ0v) is 26.3. The largest absolute Gasteiger partial charge is 0.491 e. The van der Waals surface area contributed by atoms with Crippen LogP contribution in [-0.2, 0) is 6.54 Å². The molecule has 0 unspecified atom stereocenters. The van der Waals surface area contributed by atoms with Crippen molar-refractivity contribution in [3.05, 3.63) is 80.1 Å². The van der Waals surface area contributed by atoms with Crippen LogP contribution in [-0.4, -0.2) is 61.2 Å². The van der Waals surface area contributed by atoms with Crippen molar-refractivity contribution in [1.82, 2.24) is 24.4 Å². The van der Waals surface area contributed by atoms with Crippen LogP contribution in [0.3, 0.4) is 0 Å². The molecule has 4 aromatic heterocycles. The van der Waals surface area contributed by atoms with Crippen molar-refractivity contribution in [2.75, 3.05) is 20.2 Å². The number of aromatic carboxylic acids is 1. The number of carbonyl (C=O) groups is 1. The summed E-state index contributed by atoms with van der Waals surface area (Å²) in [6.45, 7) is 4.69. The van der Waals surface area contributed by atoms with E-state index in [4.69, 9.17) is 16.3 Å². The second-order valence-corrected chi connectivity index (χ2v) is 12.4. The highest BCUT2D eigenvalue weighted by molar-refractivity contribution is 7.18. The van der Waals surface area contributed by atoms with Gasteiger partial charge >= 0.3 is 5.97 Å². The van der Waals surface area contributed by atoms with Gasteiger partial charge in [0.05, 0.1) is 46.0 Å². The van der Waals surface area contributed by atoms with E-state index in [1.165, 1.54) is 22.1 Å². The minimum Gasteiger partial charge on any atom is -0.491 e. The number of fused-ring (bicyclic) bond motifs is 2. The van der Waals surface area contributed by atoms with Crippen LogP contribution in [0.15, 0.2) is 46.8 Å². The molecular formula is C33H27ClN6O4S. The first kappa shape index (κ1) is 30.2. The molecule has 1 N–H and O–H groups in total. The Kier molecular flexibility index (Phi) is 8.02. The molecule has 0 spiro atoms. The van der Waals surface area contributed by atoms with Crippen molar-refractivity contribution in [2.45, 2.75) is 38.8 Å². The second-order valence-electron chi connectivity index (χ2n) is 11.1. The van der Waals surface area contributed by atoms with Crippen molar-refractivity contribution in [2.24, 2.45) is 0 Å². The Morgan fingerprint density at radius 3 is 2.80 bits per heavy atom. The molecule has 10 nitrogen and oxygen atoms in total. The van der Waals surface area contributed by atoms with E-state index in [-0.39, 0.29) is 46.5 Å². The van der Waals surface area contributed by atoms with Crippen LogP contribution in [0.2, 0.25) is 5.02 Å². The predicted octanol–water partition coefficient (Wildman–Crippen LogP) is 5.51. The Morgan fingerprint density at radius 1 is 1.27 bits per heavy atom. The number of pyridine rings is 2. The van der Waals surface area contributed by atoms with E-state index in [2.05, 4.69) is 44.7 Å². The zero-order valence-electron chi connectivity index (χ0n) is 24.7. The van der Waals surface area contributed by atoms with Gasteiger partial charge in [-0.2, -0.15) is 5.26 Å². The van der Waals surface area contributed by atoms with Gasteiger partial charge in [-0.05, 0) is 63.9 Å². The summed E-state index contributed by atoms with van der Waals surface area (Å²) in [5, 5.41) is 21.8. The number of halogens is 1. The Hall–Kier alpha value is -4.81. The van der Waals surface area contributed by atoms with Gasteiger partial charge in [-0.25, -0.2) is 14.8 Å². The molecule has 226 valence electrons. The molecule has 4 heterocycles. The molecule has 0 radical (unpaired) electrons. The van der Waals surface area contributed by atoms with Crippen LogP contribution in [0.25, 0.3) is 32.2 Å². The summed E-state index contributed by atoms with van der Waals surface area (Å²) in [4.78, 5) is 40.8. The number of thiophene rings is 1. The van der Waals surface area contributed by atoms with E-state index in [1.54, 1.807) is 42.8 Å². The van der Waals surface area contributed by atoms with E-state index in [0.717, 1.165) is 18.4 Å². The van der Waals surface area contributed by atoms with Crippen molar-refractivity contribution in [3.8, 4) is 34.8 Å². The molecule has 1 aliphatic carbocycles. The summed E-state index contributed by atoms with van der Waals surface area (Å²) in [5.41, 5.74) is 2.38. The number of hydrogen-bond donors (Lipinski definition) is 1. The second kappa shape index (κ2) is 11.9. The smallest absolute Gasteiger partial charge is 0.338 e. The molecule has 45 heavy (non-hydrogen) atoms. The maximum Gasteiger partial charge on any atom is 0.338 e. The number of aromatic nitrogens is 4. The van der Waals surface area contributed by atoms with Gasteiger partial charge in [0.1, 0.15) is 35.5 Å². The van der Waals surface area contributed by atoms with Crippen LogP contribution >= 0.6 is 22.9 Å². The van der Waals surface area contributed by atoms with Gasteiger partial charge < -0.3 is 9.84 Å². The highest BCUT2D eigenvalue weighted by atomic mass is 35.5. The van der Waals surface area contributed by atoms with Crippen LogP contribution in [0.1, 0.15) is 47.2 Å². The van der Waals surface area contributed by atoms with Gasteiger partial charge in [0.25, 0.3) is 5.56 Å². The van der Waals surface area contributed by atoms with Gasteiger partial charge in [-0.1, -0.05) is 17.5 Å². The lowest BCUT2D eigenvalue weighted by molar-refractivity contribution is 0.0699. The molecule has 0 aliphatic heterocycles. The Labute approximate surface area is 267 Å². The summed E-state index contributed by atoms with van der Waals surface area (Å²) in [7, 11) is 2.02. The Balaban J connectivity index is 1.29. The quantitative estimate of drug-likeness (QED) is 0.218. The summed E-state index contributed by atoms with van der Waals surface area (Å²) < 4.78 is 8.35. The molecule has 1 saturated carbocycles. The van der Waals surface area contributed by atoms with Gasteiger partial charge in [0.2, 0.25) is 0 Å². The first-order valence-corrected chi connectivity index (χ1v) is 15.4. The van der Waals surface area contributed by atoms with Gasteiger partial charge in [0, 0.05) is 33.3 Å². The van der Waals surface area contributed by atoms with Crippen molar-refractivity contribution in [1.29, 1.82) is 5.26 Å². The molecule has 1 aliphatic rings. The fraction of sp³-hybridized carbons (Fsp3) is 0.273. The Bertz CT molecular complexity index is 2170. The maximum atomic E-state index is 13.7. The average Bonchev–Trinajstić information content (AvgIpc) is 3.62. The molecule has 0 saturated heterocycles. The number of rotatable bonds is 8. The normalized spacial score (nSPS) is 13.4. The molecule has 5 aromatic rings. The lowest BCUT2D eigenvalue weighted by atomic mass is 10.0. The molecular weight excluding hydrogens is 612 g/mol. The highest BCUT2D eigenvalue weighted by Crippen LogP contribution is 2.40. The SMILES string of the molecule is Cc1nc2cnc(C#CCN(C)C3(C)CC3)c(C#N)c2c(=O)n1CCOc1ccc(Cl)cc1-c1ccnc2c(C(=O)O)csc12. The average molecular weight is 639 g/mol. The van der Waals surface area contributed by atoms with Crippen molar-refractivity contribution >= 4 is 50.0 Å². The maximum absolute atomic E-state index is 13.7. The lowest BCUT2D eigenvalue weighted by Gasteiger charge is -2.20. The summed E-state index contributed by atoms with van der Waals surface area (Å²) in [5.74, 6) is 5.98. The third kappa shape index (κ3) is 5.74. The monoisotopic (exact) mass is 638 g/mol. The molecule has 1 fully saturated rings. The van der Waals surface area contributed by atoms with E-state index >= 15 is 0 Å². The summed E-state index contributed by atoms with van der Waals surface area (Å²) in [6, 6.07) is 9.09. The number of carboxylic acids is 1. The minimum absolute atomic E-state index is 0.103. The first-order chi connectivity index (χ1) is 21.6. The minimum atomic E-state index is -1.05. The number of hydrogen-bond acceptors (Lipinski definition) is 9. The van der Waals surface area contributed by atoms with E-state index in [1.807, 2.05) is 7.05 Å². The summed E-state index contributed by atoms with van der Waals surface area (Å²) in [6.07, 6.45) is 5.30. The molecule has 1 aromatic carbocycles.